The van der Waals surface area contributed by atoms with Gasteiger partial charge in [0.1, 0.15) is 11.2 Å². The number of hydrogen-bond acceptors (Lipinski definition) is 3. The fraction of sp³-hybridized carbons (Fsp3) is 0.211. The third-order valence-corrected chi connectivity index (χ3v) is 5.43. The van der Waals surface area contributed by atoms with Crippen molar-refractivity contribution in [3.8, 4) is 0 Å². The molecule has 3 heterocycles. The van der Waals surface area contributed by atoms with E-state index in [1.54, 1.807) is 28.9 Å². The number of imidazole rings is 1. The molecule has 1 atom stereocenters. The van der Waals surface area contributed by atoms with E-state index < -0.39 is 5.54 Å². The molecule has 1 aliphatic heterocycles. The zero-order valence-electron chi connectivity index (χ0n) is 13.8. The zero-order valence-corrected chi connectivity index (χ0v) is 14.5. The van der Waals surface area contributed by atoms with Gasteiger partial charge in [-0.25, -0.2) is 9.78 Å². The first-order chi connectivity index (χ1) is 12.6. The first-order valence-electron chi connectivity index (χ1n) is 8.42. The van der Waals surface area contributed by atoms with Crippen molar-refractivity contribution in [2.45, 2.75) is 24.9 Å². The molecular formula is C19H15ClN4O2. The molecule has 3 aromatic rings. The number of halogens is 1. The number of nitrogens with one attached hydrogen (secondary N) is 1. The largest absolute Gasteiger partial charge is 0.325 e. The SMILES string of the molecule is O=C1NC2(CCc3ccccc32)C(=O)N1Cc1cn2cc(Cl)ccc2n1. The Morgan fingerprint density at radius 1 is 1.15 bits per heavy atom. The maximum absolute atomic E-state index is 13.2. The lowest BCUT2D eigenvalue weighted by molar-refractivity contribution is -0.132. The van der Waals surface area contributed by atoms with Crippen molar-refractivity contribution in [1.82, 2.24) is 19.6 Å². The summed E-state index contributed by atoms with van der Waals surface area (Å²) in [4.78, 5) is 31.5. The Morgan fingerprint density at radius 2 is 2.00 bits per heavy atom. The van der Waals surface area contributed by atoms with Gasteiger partial charge in [-0.1, -0.05) is 35.9 Å². The molecule has 0 radical (unpaired) electrons. The van der Waals surface area contributed by atoms with Gasteiger partial charge in [-0.3, -0.25) is 9.69 Å². The Bertz CT molecular complexity index is 1080. The van der Waals surface area contributed by atoms with E-state index in [1.165, 1.54) is 4.90 Å². The number of carbonyl (C=O) groups excluding carboxylic acids is 2. The summed E-state index contributed by atoms with van der Waals surface area (Å²) in [5, 5.41) is 3.53. The van der Waals surface area contributed by atoms with Crippen LogP contribution in [0.1, 0.15) is 23.2 Å². The number of rotatable bonds is 2. The van der Waals surface area contributed by atoms with Crippen LogP contribution in [0, 0.1) is 0 Å². The van der Waals surface area contributed by atoms with Gasteiger partial charge in [0.05, 0.1) is 17.3 Å². The first kappa shape index (κ1) is 15.4. The summed E-state index contributed by atoms with van der Waals surface area (Å²) in [6.07, 6.45) is 4.90. The van der Waals surface area contributed by atoms with Crippen molar-refractivity contribution in [2.24, 2.45) is 0 Å². The number of benzene rings is 1. The molecule has 130 valence electrons. The molecule has 2 aromatic heterocycles. The fourth-order valence-electron chi connectivity index (χ4n) is 3.99. The number of urea groups is 1. The number of imide groups is 1. The average Bonchev–Trinajstić information content (AvgIpc) is 3.27. The average molecular weight is 367 g/mol. The Kier molecular flexibility index (Phi) is 3.15. The summed E-state index contributed by atoms with van der Waals surface area (Å²) in [6.45, 7) is 0.133. The van der Waals surface area contributed by atoms with Gasteiger partial charge in [-0.2, -0.15) is 0 Å². The highest BCUT2D eigenvalue weighted by Crippen LogP contribution is 2.41. The summed E-state index contributed by atoms with van der Waals surface area (Å²) >= 11 is 6.00. The topological polar surface area (TPSA) is 66.7 Å². The second kappa shape index (κ2) is 5.32. The fourth-order valence-corrected chi connectivity index (χ4v) is 4.16. The third-order valence-electron chi connectivity index (χ3n) is 5.21. The maximum Gasteiger partial charge on any atom is 0.325 e. The first-order valence-corrected chi connectivity index (χ1v) is 8.80. The molecular weight excluding hydrogens is 352 g/mol. The lowest BCUT2D eigenvalue weighted by Crippen LogP contribution is -2.41. The number of aromatic nitrogens is 2. The van der Waals surface area contributed by atoms with Crippen LogP contribution in [-0.4, -0.2) is 26.2 Å². The molecule has 5 rings (SSSR count). The van der Waals surface area contributed by atoms with Gasteiger partial charge >= 0.3 is 6.03 Å². The molecule has 6 nitrogen and oxygen atoms in total. The molecule has 1 aliphatic carbocycles. The van der Waals surface area contributed by atoms with Crippen LogP contribution in [0.4, 0.5) is 4.79 Å². The molecule has 1 saturated heterocycles. The van der Waals surface area contributed by atoms with Crippen molar-refractivity contribution < 1.29 is 9.59 Å². The molecule has 1 N–H and O–H groups in total. The van der Waals surface area contributed by atoms with E-state index in [1.807, 2.05) is 24.3 Å². The summed E-state index contributed by atoms with van der Waals surface area (Å²) in [5.74, 6) is -0.206. The Labute approximate surface area is 154 Å². The minimum absolute atomic E-state index is 0.133. The number of pyridine rings is 1. The predicted octanol–water partition coefficient (Wildman–Crippen LogP) is 2.88. The molecule has 2 aliphatic rings. The van der Waals surface area contributed by atoms with Crippen LogP contribution >= 0.6 is 11.6 Å². The highest BCUT2D eigenvalue weighted by molar-refractivity contribution is 6.30. The monoisotopic (exact) mass is 366 g/mol. The second-order valence-electron chi connectivity index (χ2n) is 6.73. The number of aryl methyl sites for hydroxylation is 1. The minimum Gasteiger partial charge on any atom is -0.319 e. The quantitative estimate of drug-likeness (QED) is 0.709. The molecule has 0 saturated carbocycles. The van der Waals surface area contributed by atoms with Crippen LogP contribution in [0.3, 0.4) is 0 Å². The normalized spacial score (nSPS) is 21.7. The number of amides is 3. The van der Waals surface area contributed by atoms with Crippen molar-refractivity contribution in [1.29, 1.82) is 0 Å². The standard InChI is InChI=1S/C19H15ClN4O2/c20-13-5-6-16-21-14(10-23(16)9-13)11-24-17(25)19(22-18(24)26)8-7-12-3-1-2-4-15(12)19/h1-6,9-10H,7-8,11H2,(H,22,26). The van der Waals surface area contributed by atoms with Crippen LogP contribution in [0.2, 0.25) is 5.02 Å². The molecule has 1 aromatic carbocycles. The molecule has 3 amide bonds. The second-order valence-corrected chi connectivity index (χ2v) is 7.17. The highest BCUT2D eigenvalue weighted by atomic mass is 35.5. The molecule has 26 heavy (non-hydrogen) atoms. The van der Waals surface area contributed by atoms with E-state index in [-0.39, 0.29) is 18.5 Å². The Balaban J connectivity index is 1.49. The van der Waals surface area contributed by atoms with Crippen LogP contribution in [0.5, 0.6) is 0 Å². The van der Waals surface area contributed by atoms with Crippen molar-refractivity contribution in [3.63, 3.8) is 0 Å². The van der Waals surface area contributed by atoms with Gasteiger partial charge in [0.15, 0.2) is 0 Å². The van der Waals surface area contributed by atoms with E-state index in [0.29, 0.717) is 17.1 Å². The van der Waals surface area contributed by atoms with E-state index in [9.17, 15) is 9.59 Å². The van der Waals surface area contributed by atoms with Crippen molar-refractivity contribution >= 4 is 29.2 Å². The van der Waals surface area contributed by atoms with Gasteiger partial charge in [-0.05, 0) is 36.1 Å². The summed E-state index contributed by atoms with van der Waals surface area (Å²) in [6, 6.07) is 11.0. The van der Waals surface area contributed by atoms with Crippen LogP contribution in [-0.2, 0) is 23.3 Å². The van der Waals surface area contributed by atoms with Crippen molar-refractivity contribution in [3.05, 3.63) is 70.6 Å². The van der Waals surface area contributed by atoms with E-state index in [2.05, 4.69) is 10.3 Å². The van der Waals surface area contributed by atoms with Crippen LogP contribution in [0.15, 0.2) is 48.8 Å². The van der Waals surface area contributed by atoms with Gasteiger partial charge in [0.2, 0.25) is 0 Å². The Hall–Kier alpha value is -2.86. The van der Waals surface area contributed by atoms with E-state index >= 15 is 0 Å². The smallest absolute Gasteiger partial charge is 0.319 e. The van der Waals surface area contributed by atoms with Crippen LogP contribution in [0.25, 0.3) is 5.65 Å². The van der Waals surface area contributed by atoms with Gasteiger partial charge in [0.25, 0.3) is 5.91 Å². The number of carbonyl (C=O) groups is 2. The summed E-state index contributed by atoms with van der Waals surface area (Å²) < 4.78 is 1.79. The van der Waals surface area contributed by atoms with Gasteiger partial charge < -0.3 is 9.72 Å². The predicted molar refractivity (Wildman–Crippen MR) is 95.7 cm³/mol. The highest BCUT2D eigenvalue weighted by Gasteiger charge is 2.55. The van der Waals surface area contributed by atoms with Crippen LogP contribution < -0.4 is 5.32 Å². The molecule has 1 spiro atoms. The molecule has 7 heteroatoms. The van der Waals surface area contributed by atoms with Gasteiger partial charge in [0, 0.05) is 12.4 Å². The van der Waals surface area contributed by atoms with Gasteiger partial charge in [-0.15, -0.1) is 0 Å². The van der Waals surface area contributed by atoms with Crippen molar-refractivity contribution in [2.75, 3.05) is 0 Å². The number of nitrogens with zero attached hydrogens (tertiary/aromatic N) is 3. The Morgan fingerprint density at radius 3 is 2.88 bits per heavy atom. The third kappa shape index (κ3) is 2.08. The lowest BCUT2D eigenvalue weighted by atomic mass is 9.92. The number of hydrogen-bond donors (Lipinski definition) is 1. The summed E-state index contributed by atoms with van der Waals surface area (Å²) in [7, 11) is 0. The lowest BCUT2D eigenvalue weighted by Gasteiger charge is -2.22. The molecule has 1 fully saturated rings. The minimum atomic E-state index is -0.934. The maximum atomic E-state index is 13.2. The van der Waals surface area contributed by atoms with E-state index in [4.69, 9.17) is 11.6 Å². The number of fused-ring (bicyclic) bond motifs is 3. The summed E-state index contributed by atoms with van der Waals surface area (Å²) in [5.41, 5.74) is 2.44. The van der Waals surface area contributed by atoms with E-state index in [0.717, 1.165) is 23.2 Å². The molecule has 0 bridgehead atoms. The molecule has 1 unspecified atom stereocenters. The zero-order chi connectivity index (χ0) is 17.9.